The SMILES string of the molecule is CCCCC(Nc1ccc(C(F)(F)F)cc1)C(=O)O. The van der Waals surface area contributed by atoms with Gasteiger partial charge in [0.1, 0.15) is 6.04 Å². The fourth-order valence-corrected chi connectivity index (χ4v) is 1.62. The lowest BCUT2D eigenvalue weighted by atomic mass is 10.1. The van der Waals surface area contributed by atoms with E-state index >= 15 is 0 Å². The van der Waals surface area contributed by atoms with E-state index in [1.165, 1.54) is 12.1 Å². The van der Waals surface area contributed by atoms with Gasteiger partial charge in [-0.05, 0) is 30.7 Å². The van der Waals surface area contributed by atoms with Crippen LogP contribution in [0.5, 0.6) is 0 Å². The number of hydrogen-bond acceptors (Lipinski definition) is 2. The molecule has 6 heteroatoms. The molecule has 0 spiro atoms. The molecule has 1 aromatic carbocycles. The lowest BCUT2D eigenvalue weighted by Gasteiger charge is -2.16. The van der Waals surface area contributed by atoms with Crippen molar-refractivity contribution in [1.29, 1.82) is 0 Å². The first-order valence-corrected chi connectivity index (χ1v) is 6.01. The monoisotopic (exact) mass is 275 g/mol. The molecule has 0 saturated carbocycles. The third-order valence-corrected chi connectivity index (χ3v) is 2.70. The van der Waals surface area contributed by atoms with Gasteiger partial charge in [-0.15, -0.1) is 0 Å². The Kier molecular flexibility index (Phi) is 5.20. The molecule has 1 aromatic rings. The predicted octanol–water partition coefficient (Wildman–Crippen LogP) is 3.76. The number of nitrogens with one attached hydrogen (secondary N) is 1. The second kappa shape index (κ2) is 6.45. The van der Waals surface area contributed by atoms with Crippen molar-refractivity contribution in [3.63, 3.8) is 0 Å². The van der Waals surface area contributed by atoms with Gasteiger partial charge in [0.25, 0.3) is 0 Å². The Morgan fingerprint density at radius 3 is 2.32 bits per heavy atom. The molecule has 0 aliphatic carbocycles. The molecule has 0 aromatic heterocycles. The molecule has 2 N–H and O–H groups in total. The fourth-order valence-electron chi connectivity index (χ4n) is 1.62. The summed E-state index contributed by atoms with van der Waals surface area (Å²) in [4.78, 5) is 11.0. The Balaban J connectivity index is 2.72. The number of unbranched alkanes of at least 4 members (excludes halogenated alkanes) is 1. The second-order valence-corrected chi connectivity index (χ2v) is 4.25. The average Bonchev–Trinajstić information content (AvgIpc) is 2.33. The average molecular weight is 275 g/mol. The highest BCUT2D eigenvalue weighted by atomic mass is 19.4. The zero-order chi connectivity index (χ0) is 14.5. The molecule has 0 saturated heterocycles. The van der Waals surface area contributed by atoms with Crippen LogP contribution in [0.1, 0.15) is 31.7 Å². The second-order valence-electron chi connectivity index (χ2n) is 4.25. The van der Waals surface area contributed by atoms with Gasteiger partial charge >= 0.3 is 12.1 Å². The van der Waals surface area contributed by atoms with Gasteiger partial charge in [0.05, 0.1) is 5.56 Å². The number of carboxylic acids is 1. The summed E-state index contributed by atoms with van der Waals surface area (Å²) in [5.41, 5.74) is -0.380. The van der Waals surface area contributed by atoms with Crippen LogP contribution in [0.3, 0.4) is 0 Å². The number of carboxylic acid groups (broad SMARTS) is 1. The molecule has 0 aliphatic rings. The normalized spacial score (nSPS) is 13.1. The van der Waals surface area contributed by atoms with Crippen LogP contribution in [-0.4, -0.2) is 17.1 Å². The summed E-state index contributed by atoms with van der Waals surface area (Å²) < 4.78 is 37.1. The van der Waals surface area contributed by atoms with E-state index in [2.05, 4.69) is 5.32 Å². The van der Waals surface area contributed by atoms with E-state index in [0.717, 1.165) is 25.0 Å². The lowest BCUT2D eigenvalue weighted by molar-refractivity contribution is -0.138. The molecule has 3 nitrogen and oxygen atoms in total. The van der Waals surface area contributed by atoms with Crippen LogP contribution >= 0.6 is 0 Å². The standard InChI is InChI=1S/C13H16F3NO2/c1-2-3-4-11(12(18)19)17-10-7-5-9(6-8-10)13(14,15)16/h5-8,11,17H,2-4H2,1H3,(H,18,19). The van der Waals surface area contributed by atoms with Gasteiger partial charge in [-0.1, -0.05) is 19.8 Å². The number of benzene rings is 1. The van der Waals surface area contributed by atoms with Crippen LogP contribution in [0, 0.1) is 0 Å². The molecular formula is C13H16F3NO2. The van der Waals surface area contributed by atoms with Crippen LogP contribution < -0.4 is 5.32 Å². The van der Waals surface area contributed by atoms with Crippen LogP contribution in [0.4, 0.5) is 18.9 Å². The van der Waals surface area contributed by atoms with Crippen LogP contribution in [0.15, 0.2) is 24.3 Å². The van der Waals surface area contributed by atoms with Crippen molar-refractivity contribution in [1.82, 2.24) is 0 Å². The molecule has 1 unspecified atom stereocenters. The highest BCUT2D eigenvalue weighted by molar-refractivity contribution is 5.77. The third kappa shape index (κ3) is 4.81. The minimum absolute atomic E-state index is 0.372. The highest BCUT2D eigenvalue weighted by Gasteiger charge is 2.30. The van der Waals surface area contributed by atoms with Gasteiger partial charge in [-0.25, -0.2) is 4.79 Å². The van der Waals surface area contributed by atoms with Crippen LogP contribution in [0.25, 0.3) is 0 Å². The largest absolute Gasteiger partial charge is 0.480 e. The van der Waals surface area contributed by atoms with Crippen molar-refractivity contribution >= 4 is 11.7 Å². The number of hydrogen-bond donors (Lipinski definition) is 2. The molecule has 0 fully saturated rings. The van der Waals surface area contributed by atoms with Crippen molar-refractivity contribution in [2.45, 2.75) is 38.4 Å². The predicted molar refractivity (Wildman–Crippen MR) is 66.0 cm³/mol. The summed E-state index contributed by atoms with van der Waals surface area (Å²) >= 11 is 0. The smallest absolute Gasteiger partial charge is 0.416 e. The lowest BCUT2D eigenvalue weighted by Crippen LogP contribution is -2.29. The zero-order valence-electron chi connectivity index (χ0n) is 10.5. The fraction of sp³-hybridized carbons (Fsp3) is 0.462. The summed E-state index contributed by atoms with van der Waals surface area (Å²) in [5, 5.41) is 11.7. The quantitative estimate of drug-likeness (QED) is 0.831. The van der Waals surface area contributed by atoms with E-state index < -0.39 is 23.8 Å². The molecule has 19 heavy (non-hydrogen) atoms. The molecule has 0 aliphatic heterocycles. The van der Waals surface area contributed by atoms with Gasteiger partial charge in [0.2, 0.25) is 0 Å². The van der Waals surface area contributed by atoms with E-state index in [1.807, 2.05) is 6.92 Å². The first-order chi connectivity index (χ1) is 8.84. The van der Waals surface area contributed by atoms with Crippen molar-refractivity contribution in [2.75, 3.05) is 5.32 Å². The van der Waals surface area contributed by atoms with Crippen molar-refractivity contribution < 1.29 is 23.1 Å². The van der Waals surface area contributed by atoms with Crippen LogP contribution in [0.2, 0.25) is 0 Å². The zero-order valence-corrected chi connectivity index (χ0v) is 10.5. The highest BCUT2D eigenvalue weighted by Crippen LogP contribution is 2.30. The van der Waals surface area contributed by atoms with E-state index in [0.29, 0.717) is 12.1 Å². The maximum absolute atomic E-state index is 12.4. The first-order valence-electron chi connectivity index (χ1n) is 6.01. The summed E-state index contributed by atoms with van der Waals surface area (Å²) in [5.74, 6) is -1.01. The third-order valence-electron chi connectivity index (χ3n) is 2.70. The minimum atomic E-state index is -4.38. The van der Waals surface area contributed by atoms with E-state index in [4.69, 9.17) is 5.11 Å². The molecule has 0 amide bonds. The van der Waals surface area contributed by atoms with Gasteiger partial charge in [-0.2, -0.15) is 13.2 Å². The number of rotatable bonds is 6. The summed E-state index contributed by atoms with van der Waals surface area (Å²) in [6.07, 6.45) is -2.34. The molecule has 1 atom stereocenters. The van der Waals surface area contributed by atoms with E-state index in [-0.39, 0.29) is 0 Å². The van der Waals surface area contributed by atoms with E-state index in [1.54, 1.807) is 0 Å². The Morgan fingerprint density at radius 1 is 1.32 bits per heavy atom. The van der Waals surface area contributed by atoms with Gasteiger partial charge in [0.15, 0.2) is 0 Å². The maximum Gasteiger partial charge on any atom is 0.416 e. The molecule has 0 heterocycles. The first kappa shape index (κ1) is 15.3. The van der Waals surface area contributed by atoms with E-state index in [9.17, 15) is 18.0 Å². The molecule has 0 bridgehead atoms. The number of aliphatic carboxylic acids is 1. The summed E-state index contributed by atoms with van der Waals surface area (Å²) in [6.45, 7) is 1.94. The van der Waals surface area contributed by atoms with Gasteiger partial charge < -0.3 is 10.4 Å². The van der Waals surface area contributed by atoms with Gasteiger partial charge in [0, 0.05) is 5.69 Å². The summed E-state index contributed by atoms with van der Waals surface area (Å²) in [6, 6.07) is 3.56. The number of anilines is 1. The van der Waals surface area contributed by atoms with Crippen molar-refractivity contribution in [3.05, 3.63) is 29.8 Å². The molecular weight excluding hydrogens is 259 g/mol. The Bertz CT molecular complexity index is 415. The van der Waals surface area contributed by atoms with Gasteiger partial charge in [-0.3, -0.25) is 0 Å². The molecule has 106 valence electrons. The number of halogens is 3. The maximum atomic E-state index is 12.4. The summed E-state index contributed by atoms with van der Waals surface area (Å²) in [7, 11) is 0. The minimum Gasteiger partial charge on any atom is -0.480 e. The van der Waals surface area contributed by atoms with Crippen LogP contribution in [-0.2, 0) is 11.0 Å². The molecule has 1 rings (SSSR count). The number of carbonyl (C=O) groups is 1. The van der Waals surface area contributed by atoms with Crippen molar-refractivity contribution in [2.24, 2.45) is 0 Å². The Hall–Kier alpha value is -1.72. The molecule has 0 radical (unpaired) electrons. The topological polar surface area (TPSA) is 49.3 Å². The Morgan fingerprint density at radius 2 is 1.89 bits per heavy atom. The number of alkyl halides is 3. The Labute approximate surface area is 109 Å². The van der Waals surface area contributed by atoms with Crippen molar-refractivity contribution in [3.8, 4) is 0 Å².